The van der Waals surface area contributed by atoms with Gasteiger partial charge in [0.05, 0.1) is 11.5 Å². The molecule has 1 aliphatic rings. The number of rotatable bonds is 3. The molecule has 0 unspecified atom stereocenters. The van der Waals surface area contributed by atoms with Crippen LogP contribution in [-0.4, -0.2) is 53.8 Å². The summed E-state index contributed by atoms with van der Waals surface area (Å²) in [6.07, 6.45) is 4.15. The normalized spacial score (nSPS) is 18.9. The van der Waals surface area contributed by atoms with Crippen molar-refractivity contribution < 1.29 is 13.2 Å². The van der Waals surface area contributed by atoms with Crippen molar-refractivity contribution in [2.45, 2.75) is 12.5 Å². The summed E-state index contributed by atoms with van der Waals surface area (Å²) in [5.74, 6) is 0.0521. The van der Waals surface area contributed by atoms with E-state index in [1.165, 1.54) is 0 Å². The summed E-state index contributed by atoms with van der Waals surface area (Å²) in [5.41, 5.74) is 3.35. The zero-order valence-electron chi connectivity index (χ0n) is 14.3. The first-order valence-electron chi connectivity index (χ1n) is 8.44. The van der Waals surface area contributed by atoms with Gasteiger partial charge in [-0.05, 0) is 36.2 Å². The van der Waals surface area contributed by atoms with Crippen LogP contribution in [0.3, 0.4) is 0 Å². The van der Waals surface area contributed by atoms with Crippen LogP contribution < -0.4 is 0 Å². The topological polar surface area (TPSA) is 83.1 Å². The fraction of sp³-hybridized carbons (Fsp3) is 0.263. The Morgan fingerprint density at radius 2 is 1.96 bits per heavy atom. The van der Waals surface area contributed by atoms with Gasteiger partial charge in [0.2, 0.25) is 0 Å². The minimum Gasteiger partial charge on any atom is -0.346 e. The molecule has 26 heavy (non-hydrogen) atoms. The molecular weight excluding hydrogens is 350 g/mol. The molecule has 0 radical (unpaired) electrons. The summed E-state index contributed by atoms with van der Waals surface area (Å²) >= 11 is 0. The lowest BCUT2D eigenvalue weighted by Gasteiger charge is -2.23. The fourth-order valence-corrected chi connectivity index (χ4v) is 5.13. The van der Waals surface area contributed by atoms with Crippen molar-refractivity contribution in [2.75, 3.05) is 18.6 Å². The van der Waals surface area contributed by atoms with E-state index in [9.17, 15) is 13.2 Å². The molecule has 1 N–H and O–H groups in total. The monoisotopic (exact) mass is 369 g/mol. The lowest BCUT2D eigenvalue weighted by molar-refractivity contribution is 0.0747. The molecule has 1 aromatic carbocycles. The highest BCUT2D eigenvalue weighted by Crippen LogP contribution is 2.24. The van der Waals surface area contributed by atoms with Gasteiger partial charge >= 0.3 is 0 Å². The Morgan fingerprint density at radius 3 is 2.65 bits per heavy atom. The van der Waals surface area contributed by atoms with Gasteiger partial charge in [0, 0.05) is 42.0 Å². The van der Waals surface area contributed by atoms with Gasteiger partial charge in [-0.1, -0.05) is 12.1 Å². The maximum absolute atomic E-state index is 12.6. The molecule has 1 saturated heterocycles. The van der Waals surface area contributed by atoms with E-state index in [0.717, 1.165) is 22.2 Å². The molecule has 0 bridgehead atoms. The van der Waals surface area contributed by atoms with Crippen molar-refractivity contribution in [3.8, 4) is 11.1 Å². The van der Waals surface area contributed by atoms with Crippen molar-refractivity contribution in [1.29, 1.82) is 0 Å². The van der Waals surface area contributed by atoms with Crippen molar-refractivity contribution in [1.82, 2.24) is 14.9 Å². The minimum absolute atomic E-state index is 0.0513. The number of carbonyl (C=O) groups excluding carboxylic acids is 1. The van der Waals surface area contributed by atoms with Crippen LogP contribution in [0.2, 0.25) is 0 Å². The van der Waals surface area contributed by atoms with Crippen LogP contribution >= 0.6 is 0 Å². The fourth-order valence-electron chi connectivity index (χ4n) is 3.35. The first-order valence-corrected chi connectivity index (χ1v) is 10.3. The van der Waals surface area contributed by atoms with Gasteiger partial charge in [-0.3, -0.25) is 4.79 Å². The predicted molar refractivity (Wildman–Crippen MR) is 101 cm³/mol. The van der Waals surface area contributed by atoms with Crippen molar-refractivity contribution >= 4 is 26.8 Å². The molecule has 0 aliphatic carbocycles. The molecule has 1 aliphatic heterocycles. The van der Waals surface area contributed by atoms with Crippen molar-refractivity contribution in [3.05, 3.63) is 54.4 Å². The molecule has 0 spiro atoms. The van der Waals surface area contributed by atoms with Gasteiger partial charge in [0.25, 0.3) is 5.91 Å². The van der Waals surface area contributed by atoms with Gasteiger partial charge in [-0.25, -0.2) is 13.4 Å². The third-order valence-corrected chi connectivity index (χ3v) is 6.69. The molecule has 134 valence electrons. The number of benzene rings is 1. The average Bonchev–Trinajstić information content (AvgIpc) is 3.25. The molecule has 6 nitrogen and oxygen atoms in total. The van der Waals surface area contributed by atoms with Crippen LogP contribution in [0.5, 0.6) is 0 Å². The van der Waals surface area contributed by atoms with E-state index in [1.54, 1.807) is 30.3 Å². The van der Waals surface area contributed by atoms with Crippen LogP contribution in [0.4, 0.5) is 0 Å². The Bertz CT molecular complexity index is 1070. The number of aromatic amines is 1. The number of H-pyrrole nitrogens is 1. The molecular formula is C19H19N3O3S. The van der Waals surface area contributed by atoms with Gasteiger partial charge in [0.15, 0.2) is 9.84 Å². The van der Waals surface area contributed by atoms with Crippen molar-refractivity contribution in [3.63, 3.8) is 0 Å². The third kappa shape index (κ3) is 3.10. The molecule has 0 saturated carbocycles. The van der Waals surface area contributed by atoms with E-state index >= 15 is 0 Å². The summed E-state index contributed by atoms with van der Waals surface area (Å²) in [5, 5.41) is 1.03. The first-order chi connectivity index (χ1) is 12.4. The van der Waals surface area contributed by atoms with Crippen LogP contribution in [0.15, 0.2) is 48.8 Å². The molecule has 1 fully saturated rings. The lowest BCUT2D eigenvalue weighted by atomic mass is 10.0. The summed E-state index contributed by atoms with van der Waals surface area (Å²) in [4.78, 5) is 21.6. The smallest absolute Gasteiger partial charge is 0.253 e. The van der Waals surface area contributed by atoms with E-state index in [-0.39, 0.29) is 23.5 Å². The molecule has 1 atom stereocenters. The molecule has 3 aromatic rings. The number of nitrogens with one attached hydrogen (secondary N) is 1. The van der Waals surface area contributed by atoms with E-state index in [2.05, 4.69) is 9.97 Å². The molecule has 2 aromatic heterocycles. The van der Waals surface area contributed by atoms with Crippen LogP contribution in [0.25, 0.3) is 22.2 Å². The van der Waals surface area contributed by atoms with E-state index in [0.29, 0.717) is 12.0 Å². The van der Waals surface area contributed by atoms with Gasteiger partial charge < -0.3 is 9.88 Å². The van der Waals surface area contributed by atoms with Crippen LogP contribution in [0, 0.1) is 0 Å². The van der Waals surface area contributed by atoms with E-state index in [1.807, 2.05) is 30.5 Å². The Labute approximate surface area is 151 Å². The Kier molecular flexibility index (Phi) is 4.03. The number of carbonyl (C=O) groups is 1. The number of hydrogen-bond acceptors (Lipinski definition) is 4. The number of amides is 1. The second-order valence-corrected chi connectivity index (χ2v) is 8.92. The highest BCUT2D eigenvalue weighted by atomic mass is 32.2. The van der Waals surface area contributed by atoms with E-state index in [4.69, 9.17) is 0 Å². The maximum Gasteiger partial charge on any atom is 0.253 e. The highest BCUT2D eigenvalue weighted by molar-refractivity contribution is 7.91. The largest absolute Gasteiger partial charge is 0.346 e. The standard InChI is InChI=1S/C19H19N3O3S/c1-22(17-7-9-26(24,25)12-17)19(23)14-4-2-13(3-5-14)16-10-15-6-8-20-18(15)21-11-16/h2-6,8,10-11,17H,7,9,12H2,1H3,(H,20,21)/t17-/m0/s1. The summed E-state index contributed by atoms with van der Waals surface area (Å²) in [6.45, 7) is 0. The molecule has 7 heteroatoms. The second kappa shape index (κ2) is 6.25. The Hall–Kier alpha value is -2.67. The summed E-state index contributed by atoms with van der Waals surface area (Å²) < 4.78 is 23.3. The number of sulfone groups is 1. The second-order valence-electron chi connectivity index (χ2n) is 6.69. The maximum atomic E-state index is 12.6. The lowest BCUT2D eigenvalue weighted by Crippen LogP contribution is -2.37. The first kappa shape index (κ1) is 16.8. The quantitative estimate of drug-likeness (QED) is 0.769. The zero-order chi connectivity index (χ0) is 18.3. The SMILES string of the molecule is CN(C(=O)c1ccc(-c2cnc3[nH]ccc3c2)cc1)[C@H]1CCS(=O)(=O)C1. The number of pyridine rings is 1. The van der Waals surface area contributed by atoms with E-state index < -0.39 is 9.84 Å². The number of nitrogens with zero attached hydrogens (tertiary/aromatic N) is 2. The van der Waals surface area contributed by atoms with Gasteiger partial charge in [-0.15, -0.1) is 0 Å². The van der Waals surface area contributed by atoms with Gasteiger partial charge in [0.1, 0.15) is 5.65 Å². The van der Waals surface area contributed by atoms with Crippen LogP contribution in [-0.2, 0) is 9.84 Å². The van der Waals surface area contributed by atoms with Gasteiger partial charge in [-0.2, -0.15) is 0 Å². The average molecular weight is 369 g/mol. The molecule has 4 rings (SSSR count). The molecule has 1 amide bonds. The Balaban J connectivity index is 1.54. The van der Waals surface area contributed by atoms with Crippen molar-refractivity contribution in [2.24, 2.45) is 0 Å². The van der Waals surface area contributed by atoms with Crippen LogP contribution in [0.1, 0.15) is 16.8 Å². The number of hydrogen-bond donors (Lipinski definition) is 1. The number of fused-ring (bicyclic) bond motifs is 1. The zero-order valence-corrected chi connectivity index (χ0v) is 15.2. The minimum atomic E-state index is -3.02. The highest BCUT2D eigenvalue weighted by Gasteiger charge is 2.32. The predicted octanol–water partition coefficient (Wildman–Crippen LogP) is 2.49. The Morgan fingerprint density at radius 1 is 1.19 bits per heavy atom. The number of aromatic nitrogens is 2. The summed E-state index contributed by atoms with van der Waals surface area (Å²) in [6, 6.07) is 11.1. The third-order valence-electron chi connectivity index (χ3n) is 4.94. The summed E-state index contributed by atoms with van der Waals surface area (Å²) in [7, 11) is -1.34. The molecule has 3 heterocycles.